The van der Waals surface area contributed by atoms with Crippen LogP contribution < -0.4 is 0 Å². The molecule has 154 valence electrons. The molecule has 2 aliphatic heterocycles. The third-order valence-electron chi connectivity index (χ3n) is 6.43. The average molecular weight is 388 g/mol. The van der Waals surface area contributed by atoms with E-state index in [4.69, 9.17) is 0 Å². The summed E-state index contributed by atoms with van der Waals surface area (Å²) >= 11 is 0. The van der Waals surface area contributed by atoms with Crippen molar-refractivity contribution >= 4 is 11.8 Å². The van der Waals surface area contributed by atoms with Crippen LogP contribution in [0, 0.1) is 5.92 Å². The van der Waals surface area contributed by atoms with Gasteiger partial charge in [0.1, 0.15) is 6.33 Å². The summed E-state index contributed by atoms with van der Waals surface area (Å²) in [7, 11) is 0. The molecule has 1 aromatic heterocycles. The van der Waals surface area contributed by atoms with Gasteiger partial charge in [-0.25, -0.2) is 0 Å². The molecule has 1 atom stereocenters. The van der Waals surface area contributed by atoms with Gasteiger partial charge in [-0.3, -0.25) is 9.59 Å². The molecule has 7 nitrogen and oxygen atoms in total. The fraction of sp³-hybridized carbons (Fsp3) is 0.810. The van der Waals surface area contributed by atoms with Crippen molar-refractivity contribution in [2.45, 2.75) is 83.2 Å². The third-order valence-corrected chi connectivity index (χ3v) is 6.43. The van der Waals surface area contributed by atoms with Crippen molar-refractivity contribution in [3.63, 3.8) is 0 Å². The molecular weight excluding hydrogens is 354 g/mol. The Labute approximate surface area is 167 Å². The van der Waals surface area contributed by atoms with Gasteiger partial charge < -0.3 is 14.4 Å². The number of aromatic nitrogens is 3. The molecule has 2 saturated heterocycles. The summed E-state index contributed by atoms with van der Waals surface area (Å²) in [6, 6.07) is 0.00999. The fourth-order valence-electron chi connectivity index (χ4n) is 4.58. The van der Waals surface area contributed by atoms with Crippen molar-refractivity contribution in [1.29, 1.82) is 0 Å². The number of amides is 2. The van der Waals surface area contributed by atoms with Crippen LogP contribution >= 0.6 is 0 Å². The van der Waals surface area contributed by atoms with E-state index in [0.29, 0.717) is 12.8 Å². The minimum atomic E-state index is 0.00999. The first-order valence-electron chi connectivity index (χ1n) is 11.2. The van der Waals surface area contributed by atoms with Gasteiger partial charge in [0.05, 0.1) is 6.04 Å². The molecule has 3 fully saturated rings. The Morgan fingerprint density at radius 3 is 2.36 bits per heavy atom. The van der Waals surface area contributed by atoms with E-state index in [1.54, 1.807) is 0 Å². The Hall–Kier alpha value is -1.92. The van der Waals surface area contributed by atoms with E-state index in [1.165, 1.54) is 25.7 Å². The van der Waals surface area contributed by atoms with Crippen LogP contribution in [0.3, 0.4) is 0 Å². The van der Waals surface area contributed by atoms with Crippen LogP contribution in [-0.2, 0) is 16.1 Å². The normalized spacial score (nSPS) is 23.5. The maximum atomic E-state index is 13.0. The molecule has 4 rings (SSSR count). The van der Waals surface area contributed by atoms with Crippen LogP contribution in [0.25, 0.3) is 0 Å². The number of piperidine rings is 1. The maximum Gasteiger partial charge on any atom is 0.223 e. The molecule has 2 amide bonds. The standard InChI is InChI=1S/C21H33N5O2/c27-19(24-12-4-1-2-5-13-24)10-11-20(28)26-14-6-3-7-18(26)21-23-22-16-25(21)15-17-8-9-17/h16-18H,1-15H2. The molecule has 1 unspecified atom stereocenters. The van der Waals surface area contributed by atoms with Crippen molar-refractivity contribution in [2.75, 3.05) is 19.6 Å². The van der Waals surface area contributed by atoms with Crippen LogP contribution in [-0.4, -0.2) is 56.0 Å². The van der Waals surface area contributed by atoms with E-state index in [1.807, 2.05) is 16.1 Å². The van der Waals surface area contributed by atoms with Gasteiger partial charge in [-0.2, -0.15) is 0 Å². The third kappa shape index (κ3) is 4.73. The summed E-state index contributed by atoms with van der Waals surface area (Å²) < 4.78 is 2.15. The molecule has 3 heterocycles. The average Bonchev–Trinajstić information content (AvgIpc) is 3.48. The lowest BCUT2D eigenvalue weighted by Crippen LogP contribution is -2.40. The van der Waals surface area contributed by atoms with Crippen LogP contribution in [0.1, 0.15) is 82.5 Å². The predicted octanol–water partition coefficient (Wildman–Crippen LogP) is 2.92. The molecule has 0 bridgehead atoms. The highest BCUT2D eigenvalue weighted by molar-refractivity contribution is 5.84. The van der Waals surface area contributed by atoms with Gasteiger partial charge >= 0.3 is 0 Å². The molecule has 0 spiro atoms. The summed E-state index contributed by atoms with van der Waals surface area (Å²) in [5.74, 6) is 1.90. The minimum Gasteiger partial charge on any atom is -0.343 e. The number of hydrogen-bond acceptors (Lipinski definition) is 4. The summed E-state index contributed by atoms with van der Waals surface area (Å²) in [6.07, 6.45) is 12.7. The van der Waals surface area contributed by atoms with Gasteiger partial charge in [0, 0.05) is 39.0 Å². The highest BCUT2D eigenvalue weighted by Gasteiger charge is 2.33. The Morgan fingerprint density at radius 1 is 0.893 bits per heavy atom. The van der Waals surface area contributed by atoms with Gasteiger partial charge in [-0.15, -0.1) is 10.2 Å². The predicted molar refractivity (Wildman–Crippen MR) is 105 cm³/mol. The second-order valence-electron chi connectivity index (χ2n) is 8.68. The van der Waals surface area contributed by atoms with E-state index < -0.39 is 0 Å². The van der Waals surface area contributed by atoms with E-state index in [-0.39, 0.29) is 17.9 Å². The molecule has 7 heteroatoms. The highest BCUT2D eigenvalue weighted by Crippen LogP contribution is 2.34. The summed E-state index contributed by atoms with van der Waals surface area (Å²) in [6.45, 7) is 3.43. The lowest BCUT2D eigenvalue weighted by Gasteiger charge is -2.35. The second-order valence-corrected chi connectivity index (χ2v) is 8.68. The summed E-state index contributed by atoms with van der Waals surface area (Å²) in [5.41, 5.74) is 0. The first kappa shape index (κ1) is 19.4. The fourth-order valence-corrected chi connectivity index (χ4v) is 4.58. The van der Waals surface area contributed by atoms with E-state index in [0.717, 1.165) is 70.0 Å². The molecule has 28 heavy (non-hydrogen) atoms. The lowest BCUT2D eigenvalue weighted by molar-refractivity contribution is -0.139. The van der Waals surface area contributed by atoms with Crippen LogP contribution in [0.5, 0.6) is 0 Å². The van der Waals surface area contributed by atoms with Gasteiger partial charge in [-0.1, -0.05) is 12.8 Å². The number of hydrogen-bond donors (Lipinski definition) is 0. The van der Waals surface area contributed by atoms with Crippen LogP contribution in [0.15, 0.2) is 6.33 Å². The number of rotatable bonds is 6. The number of carbonyl (C=O) groups excluding carboxylic acids is 2. The van der Waals surface area contributed by atoms with E-state index in [2.05, 4.69) is 14.8 Å². The zero-order chi connectivity index (χ0) is 19.3. The van der Waals surface area contributed by atoms with E-state index in [9.17, 15) is 9.59 Å². The molecule has 3 aliphatic rings. The Kier molecular flexibility index (Phi) is 6.27. The number of carbonyl (C=O) groups is 2. The largest absolute Gasteiger partial charge is 0.343 e. The quantitative estimate of drug-likeness (QED) is 0.752. The number of nitrogens with zero attached hydrogens (tertiary/aromatic N) is 5. The van der Waals surface area contributed by atoms with Crippen molar-refractivity contribution in [2.24, 2.45) is 5.92 Å². The van der Waals surface area contributed by atoms with Gasteiger partial charge in [0.25, 0.3) is 0 Å². The Bertz CT molecular complexity index is 676. The maximum absolute atomic E-state index is 13.0. The minimum absolute atomic E-state index is 0.00999. The zero-order valence-electron chi connectivity index (χ0n) is 16.9. The summed E-state index contributed by atoms with van der Waals surface area (Å²) in [4.78, 5) is 29.5. The first-order valence-corrected chi connectivity index (χ1v) is 11.2. The topological polar surface area (TPSA) is 71.3 Å². The van der Waals surface area contributed by atoms with Crippen LogP contribution in [0.2, 0.25) is 0 Å². The molecule has 1 saturated carbocycles. The van der Waals surface area contributed by atoms with Crippen molar-refractivity contribution in [3.8, 4) is 0 Å². The van der Waals surface area contributed by atoms with Crippen molar-refractivity contribution in [3.05, 3.63) is 12.2 Å². The number of likely N-dealkylation sites (tertiary alicyclic amines) is 2. The smallest absolute Gasteiger partial charge is 0.223 e. The lowest BCUT2D eigenvalue weighted by atomic mass is 10.0. The van der Waals surface area contributed by atoms with Gasteiger partial charge in [0.15, 0.2) is 5.82 Å². The molecule has 0 N–H and O–H groups in total. The molecule has 1 aliphatic carbocycles. The highest BCUT2D eigenvalue weighted by atomic mass is 16.2. The monoisotopic (exact) mass is 387 g/mol. The summed E-state index contributed by atoms with van der Waals surface area (Å²) in [5, 5.41) is 8.51. The van der Waals surface area contributed by atoms with Crippen molar-refractivity contribution in [1.82, 2.24) is 24.6 Å². The zero-order valence-corrected chi connectivity index (χ0v) is 16.9. The first-order chi connectivity index (χ1) is 13.7. The molecule has 1 aromatic rings. The molecular formula is C21H33N5O2. The van der Waals surface area contributed by atoms with Gasteiger partial charge in [-0.05, 0) is 50.9 Å². The second kappa shape index (κ2) is 9.05. The SMILES string of the molecule is O=C(CCC(=O)N1CCCCC1c1nncn1CC1CC1)N1CCCCCC1. The van der Waals surface area contributed by atoms with Gasteiger partial charge in [0.2, 0.25) is 11.8 Å². The molecule has 0 aromatic carbocycles. The van der Waals surface area contributed by atoms with Crippen LogP contribution in [0.4, 0.5) is 0 Å². The van der Waals surface area contributed by atoms with Crippen molar-refractivity contribution < 1.29 is 9.59 Å². The molecule has 0 radical (unpaired) electrons. The Morgan fingerprint density at radius 2 is 1.61 bits per heavy atom. The Balaban J connectivity index is 1.36. The van der Waals surface area contributed by atoms with E-state index >= 15 is 0 Å².